The van der Waals surface area contributed by atoms with Crippen molar-refractivity contribution in [2.45, 2.75) is 6.54 Å². The largest absolute Gasteiger partial charge is 0.378 e. The van der Waals surface area contributed by atoms with Gasteiger partial charge in [0.2, 0.25) is 0 Å². The Hall–Kier alpha value is -2.33. The highest BCUT2D eigenvalue weighted by Crippen LogP contribution is 2.15. The van der Waals surface area contributed by atoms with Crippen molar-refractivity contribution in [1.29, 1.82) is 0 Å². The van der Waals surface area contributed by atoms with Crippen LogP contribution in [0.2, 0.25) is 5.02 Å². The maximum Gasteiger partial charge on any atom is 0.258 e. The quantitative estimate of drug-likeness (QED) is 0.777. The van der Waals surface area contributed by atoms with Crippen LogP contribution in [0.3, 0.4) is 0 Å². The highest BCUT2D eigenvalue weighted by Gasteiger charge is 2.03. The van der Waals surface area contributed by atoms with Gasteiger partial charge in [0, 0.05) is 10.7 Å². The number of rotatable bonds is 3. The van der Waals surface area contributed by atoms with E-state index < -0.39 is 0 Å². The second-order valence-corrected chi connectivity index (χ2v) is 4.83. The lowest BCUT2D eigenvalue weighted by Gasteiger charge is -2.07. The van der Waals surface area contributed by atoms with Crippen LogP contribution in [0.5, 0.6) is 0 Å². The van der Waals surface area contributed by atoms with Crippen LogP contribution in [0.15, 0.2) is 53.3 Å². The molecule has 2 N–H and O–H groups in total. The minimum absolute atomic E-state index is 0.126. The number of hydrogen-bond acceptors (Lipinski definition) is 3. The molecule has 0 aliphatic carbocycles. The van der Waals surface area contributed by atoms with Gasteiger partial charge in [-0.3, -0.25) is 4.79 Å². The van der Waals surface area contributed by atoms with Gasteiger partial charge in [-0.25, -0.2) is 4.98 Å². The van der Waals surface area contributed by atoms with Crippen molar-refractivity contribution in [3.05, 3.63) is 69.7 Å². The molecular weight excluding hydrogens is 274 g/mol. The number of fused-ring (bicyclic) bond motifs is 1. The maximum atomic E-state index is 11.9. The molecule has 1 aromatic heterocycles. The van der Waals surface area contributed by atoms with Gasteiger partial charge in [-0.15, -0.1) is 0 Å². The molecule has 0 saturated heterocycles. The standard InChI is InChI=1S/C15H12ClN3O/c16-10-4-3-5-11(8-10)17-9-14-18-13-7-2-1-6-12(13)15(20)19-14/h1-8,17H,9H2,(H,18,19,20). The van der Waals surface area contributed by atoms with E-state index in [1.165, 1.54) is 0 Å². The Balaban J connectivity index is 1.86. The molecule has 0 aliphatic heterocycles. The summed E-state index contributed by atoms with van der Waals surface area (Å²) in [4.78, 5) is 19.1. The molecule has 4 nitrogen and oxygen atoms in total. The van der Waals surface area contributed by atoms with E-state index in [2.05, 4.69) is 15.3 Å². The number of aromatic amines is 1. The Morgan fingerprint density at radius 1 is 1.15 bits per heavy atom. The molecule has 0 radical (unpaired) electrons. The van der Waals surface area contributed by atoms with Crippen molar-refractivity contribution in [3.63, 3.8) is 0 Å². The molecule has 2 aromatic carbocycles. The first-order chi connectivity index (χ1) is 9.72. The molecule has 0 fully saturated rings. The third-order valence-electron chi connectivity index (χ3n) is 2.95. The van der Waals surface area contributed by atoms with Crippen LogP contribution in [0, 0.1) is 0 Å². The van der Waals surface area contributed by atoms with E-state index in [0.717, 1.165) is 5.69 Å². The number of anilines is 1. The number of hydrogen-bond donors (Lipinski definition) is 2. The lowest BCUT2D eigenvalue weighted by molar-refractivity contribution is 0.953. The zero-order chi connectivity index (χ0) is 13.9. The van der Waals surface area contributed by atoms with Gasteiger partial charge >= 0.3 is 0 Å². The highest BCUT2D eigenvalue weighted by atomic mass is 35.5. The molecule has 0 saturated carbocycles. The smallest absolute Gasteiger partial charge is 0.258 e. The van der Waals surface area contributed by atoms with E-state index >= 15 is 0 Å². The van der Waals surface area contributed by atoms with E-state index in [0.29, 0.717) is 28.3 Å². The van der Waals surface area contributed by atoms with Crippen molar-refractivity contribution in [2.24, 2.45) is 0 Å². The molecule has 0 aliphatic rings. The number of nitrogens with one attached hydrogen (secondary N) is 2. The third kappa shape index (κ3) is 2.65. The van der Waals surface area contributed by atoms with Crippen molar-refractivity contribution in [1.82, 2.24) is 9.97 Å². The first-order valence-electron chi connectivity index (χ1n) is 6.20. The summed E-state index contributed by atoms with van der Waals surface area (Å²) in [6.07, 6.45) is 0. The van der Waals surface area contributed by atoms with E-state index in [4.69, 9.17) is 11.6 Å². The van der Waals surface area contributed by atoms with Crippen LogP contribution in [-0.2, 0) is 6.54 Å². The number of benzene rings is 2. The summed E-state index contributed by atoms with van der Waals surface area (Å²) in [6.45, 7) is 0.431. The molecule has 0 unspecified atom stereocenters. The number of halogens is 1. The van der Waals surface area contributed by atoms with Crippen LogP contribution in [0.25, 0.3) is 10.9 Å². The van der Waals surface area contributed by atoms with Crippen molar-refractivity contribution < 1.29 is 0 Å². The van der Waals surface area contributed by atoms with Gasteiger partial charge in [-0.1, -0.05) is 29.8 Å². The average molecular weight is 286 g/mol. The molecule has 1 heterocycles. The summed E-state index contributed by atoms with van der Waals surface area (Å²) in [5, 5.41) is 4.43. The van der Waals surface area contributed by atoms with Crippen molar-refractivity contribution in [2.75, 3.05) is 5.32 Å². The van der Waals surface area contributed by atoms with Gasteiger partial charge in [0.05, 0.1) is 17.4 Å². The number of aromatic nitrogens is 2. The second-order valence-electron chi connectivity index (χ2n) is 4.39. The summed E-state index contributed by atoms with van der Waals surface area (Å²) in [7, 11) is 0. The van der Waals surface area contributed by atoms with E-state index in [-0.39, 0.29) is 5.56 Å². The van der Waals surface area contributed by atoms with Crippen LogP contribution in [-0.4, -0.2) is 9.97 Å². The summed E-state index contributed by atoms with van der Waals surface area (Å²) >= 11 is 5.92. The Bertz CT molecular complexity index is 813. The van der Waals surface area contributed by atoms with Gasteiger partial charge in [0.1, 0.15) is 5.82 Å². The summed E-state index contributed by atoms with van der Waals surface area (Å²) in [6, 6.07) is 14.7. The van der Waals surface area contributed by atoms with Crippen LogP contribution in [0.1, 0.15) is 5.82 Å². The van der Waals surface area contributed by atoms with Gasteiger partial charge in [-0.2, -0.15) is 0 Å². The third-order valence-corrected chi connectivity index (χ3v) is 3.18. The fourth-order valence-electron chi connectivity index (χ4n) is 2.00. The molecule has 3 rings (SSSR count). The Kier molecular flexibility index (Phi) is 3.39. The van der Waals surface area contributed by atoms with E-state index in [1.54, 1.807) is 6.07 Å². The lowest BCUT2D eigenvalue weighted by atomic mass is 10.2. The fourth-order valence-corrected chi connectivity index (χ4v) is 2.19. The molecule has 0 amide bonds. The molecule has 0 spiro atoms. The zero-order valence-corrected chi connectivity index (χ0v) is 11.3. The zero-order valence-electron chi connectivity index (χ0n) is 10.6. The van der Waals surface area contributed by atoms with Gasteiger partial charge in [-0.05, 0) is 30.3 Å². The Labute approximate surface area is 120 Å². The van der Waals surface area contributed by atoms with Crippen LogP contribution in [0.4, 0.5) is 5.69 Å². The Morgan fingerprint density at radius 2 is 2.00 bits per heavy atom. The predicted molar refractivity (Wildman–Crippen MR) is 81.1 cm³/mol. The summed E-state index contributed by atoms with van der Waals surface area (Å²) < 4.78 is 0. The second kappa shape index (κ2) is 5.35. The van der Waals surface area contributed by atoms with E-state index in [1.807, 2.05) is 42.5 Å². The number of para-hydroxylation sites is 1. The summed E-state index contributed by atoms with van der Waals surface area (Å²) in [5.41, 5.74) is 1.45. The maximum absolute atomic E-state index is 11.9. The lowest BCUT2D eigenvalue weighted by Crippen LogP contribution is -2.14. The minimum Gasteiger partial charge on any atom is -0.378 e. The molecular formula is C15H12ClN3O. The average Bonchev–Trinajstić information content (AvgIpc) is 2.45. The van der Waals surface area contributed by atoms with Crippen molar-refractivity contribution in [3.8, 4) is 0 Å². The first-order valence-corrected chi connectivity index (χ1v) is 6.57. The van der Waals surface area contributed by atoms with Crippen LogP contribution < -0.4 is 10.9 Å². The monoisotopic (exact) mass is 285 g/mol. The molecule has 5 heteroatoms. The number of H-pyrrole nitrogens is 1. The van der Waals surface area contributed by atoms with Gasteiger partial charge in [0.15, 0.2) is 0 Å². The fraction of sp³-hybridized carbons (Fsp3) is 0.0667. The topological polar surface area (TPSA) is 57.8 Å². The van der Waals surface area contributed by atoms with Crippen LogP contribution >= 0.6 is 11.6 Å². The van der Waals surface area contributed by atoms with Gasteiger partial charge in [0.25, 0.3) is 5.56 Å². The Morgan fingerprint density at radius 3 is 2.85 bits per heavy atom. The SMILES string of the molecule is O=c1[nH]c(CNc2cccc(Cl)c2)nc2ccccc12. The highest BCUT2D eigenvalue weighted by molar-refractivity contribution is 6.30. The molecule has 100 valence electrons. The normalized spacial score (nSPS) is 10.7. The molecule has 3 aromatic rings. The molecule has 0 atom stereocenters. The summed E-state index contributed by atoms with van der Waals surface area (Å²) in [5.74, 6) is 0.591. The number of nitrogens with zero attached hydrogens (tertiary/aromatic N) is 1. The first kappa shape index (κ1) is 12.7. The van der Waals surface area contributed by atoms with Crippen molar-refractivity contribution >= 4 is 28.2 Å². The molecule has 0 bridgehead atoms. The minimum atomic E-state index is -0.126. The molecule has 20 heavy (non-hydrogen) atoms. The van der Waals surface area contributed by atoms with E-state index in [9.17, 15) is 4.79 Å². The predicted octanol–water partition coefficient (Wildman–Crippen LogP) is 3.19. The van der Waals surface area contributed by atoms with Gasteiger partial charge < -0.3 is 10.3 Å².